The third-order valence-electron chi connectivity index (χ3n) is 3.47. The van der Waals surface area contributed by atoms with Gasteiger partial charge < -0.3 is 15.4 Å². The van der Waals surface area contributed by atoms with Gasteiger partial charge in [-0.05, 0) is 31.2 Å². The molecule has 0 spiro atoms. The molecule has 0 radical (unpaired) electrons. The topological polar surface area (TPSA) is 93.2 Å². The van der Waals surface area contributed by atoms with Crippen LogP contribution in [0.3, 0.4) is 0 Å². The first kappa shape index (κ1) is 18.5. The molecule has 0 saturated heterocycles. The van der Waals surface area contributed by atoms with Crippen molar-refractivity contribution in [3.63, 3.8) is 0 Å². The number of pyridine rings is 1. The van der Waals surface area contributed by atoms with Crippen LogP contribution in [0.4, 0.5) is 16.6 Å². The molecule has 0 aliphatic heterocycles. The van der Waals surface area contributed by atoms with Crippen LogP contribution in [0.5, 0.6) is 0 Å². The summed E-state index contributed by atoms with van der Waals surface area (Å²) < 4.78 is 5.26. The zero-order valence-corrected chi connectivity index (χ0v) is 15.7. The number of nitrogens with zero attached hydrogens (tertiary/aromatic N) is 2. The predicted octanol–water partition coefficient (Wildman–Crippen LogP) is 3.91. The lowest BCUT2D eigenvalue weighted by molar-refractivity contribution is -0.114. The van der Waals surface area contributed by atoms with Gasteiger partial charge in [0.05, 0.1) is 5.69 Å². The highest BCUT2D eigenvalue weighted by molar-refractivity contribution is 7.13. The molecule has 1 amide bonds. The Morgan fingerprint density at radius 2 is 1.89 bits per heavy atom. The smallest absolute Gasteiger partial charge is 0.357 e. The first-order valence-corrected chi connectivity index (χ1v) is 9.07. The first-order chi connectivity index (χ1) is 13.0. The highest BCUT2D eigenvalue weighted by Crippen LogP contribution is 2.21. The van der Waals surface area contributed by atoms with Crippen molar-refractivity contribution in [2.45, 2.75) is 20.5 Å². The Labute approximate surface area is 160 Å². The molecule has 0 aliphatic rings. The molecule has 8 heteroatoms. The molecule has 0 fully saturated rings. The molecule has 2 heterocycles. The summed E-state index contributed by atoms with van der Waals surface area (Å²) in [5, 5.41) is 8.28. The van der Waals surface area contributed by atoms with Crippen LogP contribution in [0.2, 0.25) is 0 Å². The van der Waals surface area contributed by atoms with Gasteiger partial charge in [-0.3, -0.25) is 4.79 Å². The number of nitrogens with one attached hydrogen (secondary N) is 2. The van der Waals surface area contributed by atoms with Gasteiger partial charge >= 0.3 is 5.97 Å². The van der Waals surface area contributed by atoms with Crippen molar-refractivity contribution in [1.29, 1.82) is 0 Å². The van der Waals surface area contributed by atoms with Gasteiger partial charge in [-0.25, -0.2) is 14.8 Å². The Morgan fingerprint density at radius 1 is 1.11 bits per heavy atom. The van der Waals surface area contributed by atoms with Crippen LogP contribution in [0.1, 0.15) is 28.7 Å². The Bertz CT molecular complexity index is 954. The number of anilines is 3. The SMILES string of the molecule is CC(=O)Nc1cccc(C(=O)OCc2csc(Nc3ccc(C)cc3)n2)n1. The molecule has 2 aromatic heterocycles. The average Bonchev–Trinajstić information content (AvgIpc) is 3.09. The lowest BCUT2D eigenvalue weighted by atomic mass is 10.2. The number of carbonyl (C=O) groups is 2. The maximum absolute atomic E-state index is 12.1. The van der Waals surface area contributed by atoms with Crippen LogP contribution >= 0.6 is 11.3 Å². The van der Waals surface area contributed by atoms with Gasteiger partial charge in [0.25, 0.3) is 0 Å². The molecule has 7 nitrogen and oxygen atoms in total. The zero-order chi connectivity index (χ0) is 19.2. The number of rotatable bonds is 6. The molecule has 138 valence electrons. The van der Waals surface area contributed by atoms with Gasteiger partial charge in [0.2, 0.25) is 5.91 Å². The molecule has 0 aliphatic carbocycles. The molecular weight excluding hydrogens is 364 g/mol. The Balaban J connectivity index is 1.57. The van der Waals surface area contributed by atoms with E-state index in [0.29, 0.717) is 11.5 Å². The molecule has 3 rings (SSSR count). The number of aryl methyl sites for hydroxylation is 1. The lowest BCUT2D eigenvalue weighted by Crippen LogP contribution is -2.12. The normalized spacial score (nSPS) is 10.3. The summed E-state index contributed by atoms with van der Waals surface area (Å²) in [4.78, 5) is 31.7. The average molecular weight is 382 g/mol. The van der Waals surface area contributed by atoms with Crippen molar-refractivity contribution in [2.24, 2.45) is 0 Å². The number of amides is 1. The Morgan fingerprint density at radius 3 is 2.63 bits per heavy atom. The van der Waals surface area contributed by atoms with Crippen molar-refractivity contribution in [3.8, 4) is 0 Å². The standard InChI is InChI=1S/C19H18N4O3S/c1-12-6-8-14(9-7-12)21-19-22-15(11-27-19)10-26-18(25)16-4-3-5-17(23-16)20-13(2)24/h3-9,11H,10H2,1-2H3,(H,21,22)(H,20,23,24). The van der Waals surface area contributed by atoms with Crippen LogP contribution in [0, 0.1) is 6.92 Å². The highest BCUT2D eigenvalue weighted by Gasteiger charge is 2.12. The van der Waals surface area contributed by atoms with Crippen LogP contribution in [0.15, 0.2) is 47.8 Å². The number of ether oxygens (including phenoxy) is 1. The number of hydrogen-bond donors (Lipinski definition) is 2. The lowest BCUT2D eigenvalue weighted by Gasteiger charge is -2.05. The van der Waals surface area contributed by atoms with E-state index in [4.69, 9.17) is 4.74 Å². The molecule has 0 saturated carbocycles. The maximum Gasteiger partial charge on any atom is 0.357 e. The second-order valence-corrected chi connectivity index (χ2v) is 6.66. The van der Waals surface area contributed by atoms with E-state index in [1.165, 1.54) is 29.9 Å². The van der Waals surface area contributed by atoms with Crippen LogP contribution in [0.25, 0.3) is 0 Å². The molecule has 1 aromatic carbocycles. The summed E-state index contributed by atoms with van der Waals surface area (Å²) in [7, 11) is 0. The summed E-state index contributed by atoms with van der Waals surface area (Å²) in [6, 6.07) is 12.7. The summed E-state index contributed by atoms with van der Waals surface area (Å²) in [5.74, 6) is -0.539. The van der Waals surface area contributed by atoms with Gasteiger partial charge in [-0.2, -0.15) is 0 Å². The number of aromatic nitrogens is 2. The number of esters is 1. The van der Waals surface area contributed by atoms with E-state index in [0.717, 1.165) is 10.8 Å². The maximum atomic E-state index is 12.1. The molecule has 0 unspecified atom stereocenters. The Kier molecular flexibility index (Phi) is 5.77. The van der Waals surface area contributed by atoms with Crippen molar-refractivity contribution < 1.29 is 14.3 Å². The van der Waals surface area contributed by atoms with E-state index in [2.05, 4.69) is 20.6 Å². The van der Waals surface area contributed by atoms with Crippen LogP contribution in [-0.4, -0.2) is 21.8 Å². The molecule has 2 N–H and O–H groups in total. The fourth-order valence-corrected chi connectivity index (χ4v) is 2.92. The minimum atomic E-state index is -0.580. The zero-order valence-electron chi connectivity index (χ0n) is 14.9. The van der Waals surface area contributed by atoms with E-state index >= 15 is 0 Å². The van der Waals surface area contributed by atoms with E-state index in [9.17, 15) is 9.59 Å². The highest BCUT2D eigenvalue weighted by atomic mass is 32.1. The van der Waals surface area contributed by atoms with Crippen molar-refractivity contribution >= 4 is 39.9 Å². The van der Waals surface area contributed by atoms with Crippen molar-refractivity contribution in [1.82, 2.24) is 9.97 Å². The van der Waals surface area contributed by atoms with Gasteiger partial charge in [0.1, 0.15) is 12.4 Å². The van der Waals surface area contributed by atoms with E-state index in [1.54, 1.807) is 12.1 Å². The van der Waals surface area contributed by atoms with Crippen LogP contribution < -0.4 is 10.6 Å². The number of benzene rings is 1. The van der Waals surface area contributed by atoms with E-state index < -0.39 is 5.97 Å². The number of carbonyl (C=O) groups excluding carboxylic acids is 2. The summed E-state index contributed by atoms with van der Waals surface area (Å²) in [5.41, 5.74) is 2.89. The summed E-state index contributed by atoms with van der Waals surface area (Å²) >= 11 is 1.43. The third-order valence-corrected chi connectivity index (χ3v) is 4.27. The number of thiazole rings is 1. The van der Waals surface area contributed by atoms with E-state index in [-0.39, 0.29) is 18.2 Å². The molecular formula is C19H18N4O3S. The van der Waals surface area contributed by atoms with E-state index in [1.807, 2.05) is 36.6 Å². The summed E-state index contributed by atoms with van der Waals surface area (Å²) in [6.07, 6.45) is 0. The summed E-state index contributed by atoms with van der Waals surface area (Å²) in [6.45, 7) is 3.44. The molecule has 3 aromatic rings. The minimum absolute atomic E-state index is 0.0386. The molecule has 0 atom stereocenters. The fourth-order valence-electron chi connectivity index (χ4n) is 2.20. The molecule has 27 heavy (non-hydrogen) atoms. The monoisotopic (exact) mass is 382 g/mol. The quantitative estimate of drug-likeness (QED) is 0.628. The second-order valence-electron chi connectivity index (χ2n) is 5.80. The van der Waals surface area contributed by atoms with Gasteiger partial charge in [-0.1, -0.05) is 23.8 Å². The first-order valence-electron chi connectivity index (χ1n) is 8.19. The molecule has 0 bridgehead atoms. The fraction of sp³-hybridized carbons (Fsp3) is 0.158. The Hall–Kier alpha value is -3.26. The number of hydrogen-bond acceptors (Lipinski definition) is 7. The minimum Gasteiger partial charge on any atom is -0.454 e. The van der Waals surface area contributed by atoms with Gasteiger partial charge in [-0.15, -0.1) is 11.3 Å². The second kappa shape index (κ2) is 8.41. The van der Waals surface area contributed by atoms with Crippen LogP contribution in [-0.2, 0) is 16.1 Å². The van der Waals surface area contributed by atoms with Gasteiger partial charge in [0, 0.05) is 18.0 Å². The predicted molar refractivity (Wildman–Crippen MR) is 104 cm³/mol. The van der Waals surface area contributed by atoms with Crippen molar-refractivity contribution in [2.75, 3.05) is 10.6 Å². The third kappa shape index (κ3) is 5.35. The van der Waals surface area contributed by atoms with Crippen molar-refractivity contribution in [3.05, 3.63) is 64.8 Å². The van der Waals surface area contributed by atoms with Gasteiger partial charge in [0.15, 0.2) is 10.8 Å². The largest absolute Gasteiger partial charge is 0.454 e.